The molecule has 2 heterocycles. The van der Waals surface area contributed by atoms with Crippen molar-refractivity contribution in [3.05, 3.63) is 57.1 Å². The van der Waals surface area contributed by atoms with Crippen molar-refractivity contribution in [2.24, 2.45) is 4.99 Å². The monoisotopic (exact) mass is 355 g/mol. The minimum atomic E-state index is -0.568. The van der Waals surface area contributed by atoms with Crippen molar-refractivity contribution in [3.63, 3.8) is 0 Å². The summed E-state index contributed by atoms with van der Waals surface area (Å²) in [5, 5.41) is 19.9. The second-order valence-electron chi connectivity index (χ2n) is 6.11. The standard InChI is InChI=1S/C19H18FN3O3/c1-12-14(9-21)18(24)23(11-13-5-4-8-26-13)19(25)15(12)10-22-17-7-3-2-6-16(17)20/h2-3,6-7,10,13,25H,4-5,8,11H2,1H3/t13-/m0/s1. The minimum Gasteiger partial charge on any atom is -0.494 e. The van der Waals surface area contributed by atoms with Crippen LogP contribution in [0, 0.1) is 24.1 Å². The molecule has 0 radical (unpaired) electrons. The summed E-state index contributed by atoms with van der Waals surface area (Å²) in [7, 11) is 0. The summed E-state index contributed by atoms with van der Waals surface area (Å²) in [4.78, 5) is 16.6. The number of aliphatic imine (C=N–C) groups is 1. The van der Waals surface area contributed by atoms with E-state index in [9.17, 15) is 19.6 Å². The second-order valence-corrected chi connectivity index (χ2v) is 6.11. The summed E-state index contributed by atoms with van der Waals surface area (Å²) in [6.45, 7) is 2.32. The number of pyridine rings is 1. The van der Waals surface area contributed by atoms with E-state index in [1.807, 2.05) is 6.07 Å². The summed E-state index contributed by atoms with van der Waals surface area (Å²) in [6, 6.07) is 7.84. The van der Waals surface area contributed by atoms with Gasteiger partial charge in [-0.2, -0.15) is 5.26 Å². The lowest BCUT2D eigenvalue weighted by molar-refractivity contribution is 0.0938. The van der Waals surface area contributed by atoms with E-state index >= 15 is 0 Å². The zero-order valence-corrected chi connectivity index (χ0v) is 14.3. The zero-order valence-electron chi connectivity index (χ0n) is 14.3. The molecule has 2 aromatic rings. The molecule has 134 valence electrons. The quantitative estimate of drug-likeness (QED) is 0.854. The highest BCUT2D eigenvalue weighted by Crippen LogP contribution is 2.24. The Balaban J connectivity index is 2.08. The first-order valence-corrected chi connectivity index (χ1v) is 8.29. The van der Waals surface area contributed by atoms with Crippen molar-refractivity contribution in [1.82, 2.24) is 4.57 Å². The number of ether oxygens (including phenoxy) is 1. The van der Waals surface area contributed by atoms with Crippen molar-refractivity contribution in [2.75, 3.05) is 6.61 Å². The lowest BCUT2D eigenvalue weighted by atomic mass is 10.1. The molecule has 1 aliphatic rings. The molecule has 0 aliphatic carbocycles. The van der Waals surface area contributed by atoms with Crippen LogP contribution in [-0.2, 0) is 11.3 Å². The van der Waals surface area contributed by atoms with Crippen LogP contribution in [-0.4, -0.2) is 28.6 Å². The van der Waals surface area contributed by atoms with Gasteiger partial charge >= 0.3 is 0 Å². The van der Waals surface area contributed by atoms with Crippen LogP contribution in [0.15, 0.2) is 34.1 Å². The molecular weight excluding hydrogens is 337 g/mol. The summed E-state index contributed by atoms with van der Waals surface area (Å²) < 4.78 is 20.4. The number of aromatic hydroxyl groups is 1. The van der Waals surface area contributed by atoms with Crippen LogP contribution in [0.25, 0.3) is 0 Å². The molecule has 6 nitrogen and oxygen atoms in total. The van der Waals surface area contributed by atoms with Crippen LogP contribution in [0.2, 0.25) is 0 Å². The van der Waals surface area contributed by atoms with Gasteiger partial charge in [-0.05, 0) is 37.5 Å². The average molecular weight is 355 g/mol. The summed E-state index contributed by atoms with van der Waals surface area (Å²) in [5.41, 5.74) is -0.0282. The number of aromatic nitrogens is 1. The fourth-order valence-corrected chi connectivity index (χ4v) is 2.98. The number of nitriles is 1. The average Bonchev–Trinajstić information content (AvgIpc) is 3.14. The van der Waals surface area contributed by atoms with Gasteiger partial charge in [0.25, 0.3) is 5.56 Å². The Hall–Kier alpha value is -2.98. The first-order valence-electron chi connectivity index (χ1n) is 8.29. The summed E-state index contributed by atoms with van der Waals surface area (Å²) in [6.07, 6.45) is 2.75. The first kappa shape index (κ1) is 17.8. The van der Waals surface area contributed by atoms with Gasteiger partial charge in [-0.3, -0.25) is 14.4 Å². The Morgan fingerprint density at radius 1 is 1.50 bits per heavy atom. The molecular formula is C19H18FN3O3. The van der Waals surface area contributed by atoms with Crippen LogP contribution in [0.1, 0.15) is 29.5 Å². The maximum absolute atomic E-state index is 13.8. The maximum atomic E-state index is 13.8. The van der Waals surface area contributed by atoms with Gasteiger partial charge in [0.15, 0.2) is 0 Å². The predicted molar refractivity (Wildman–Crippen MR) is 94.4 cm³/mol. The van der Waals surface area contributed by atoms with E-state index in [0.717, 1.165) is 17.4 Å². The van der Waals surface area contributed by atoms with E-state index in [-0.39, 0.29) is 35.3 Å². The second kappa shape index (κ2) is 7.50. The normalized spacial score (nSPS) is 16.9. The number of benzene rings is 1. The fourth-order valence-electron chi connectivity index (χ4n) is 2.98. The largest absolute Gasteiger partial charge is 0.494 e. The third kappa shape index (κ3) is 3.37. The molecule has 1 aromatic heterocycles. The number of hydrogen-bond donors (Lipinski definition) is 1. The summed E-state index contributed by atoms with van der Waals surface area (Å²) in [5.74, 6) is -0.809. The zero-order chi connectivity index (χ0) is 18.7. The molecule has 26 heavy (non-hydrogen) atoms. The lowest BCUT2D eigenvalue weighted by Gasteiger charge is -2.17. The minimum absolute atomic E-state index is 0.0734. The molecule has 0 unspecified atom stereocenters. The molecule has 1 saturated heterocycles. The van der Waals surface area contributed by atoms with Crippen LogP contribution >= 0.6 is 0 Å². The van der Waals surface area contributed by atoms with Crippen molar-refractivity contribution < 1.29 is 14.2 Å². The molecule has 1 N–H and O–H groups in total. The molecule has 0 amide bonds. The molecule has 3 rings (SSSR count). The van der Waals surface area contributed by atoms with Crippen molar-refractivity contribution >= 4 is 11.9 Å². The topological polar surface area (TPSA) is 87.6 Å². The predicted octanol–water partition coefficient (Wildman–Crippen LogP) is 2.80. The Morgan fingerprint density at radius 3 is 2.92 bits per heavy atom. The SMILES string of the molecule is Cc1c(C=Nc2ccccc2F)c(O)n(C[C@@H]2CCCO2)c(=O)c1C#N. The Morgan fingerprint density at radius 2 is 2.27 bits per heavy atom. The molecule has 0 bridgehead atoms. The molecule has 1 aromatic carbocycles. The van der Waals surface area contributed by atoms with E-state index < -0.39 is 11.4 Å². The van der Waals surface area contributed by atoms with Gasteiger partial charge < -0.3 is 9.84 Å². The molecule has 1 atom stereocenters. The van der Waals surface area contributed by atoms with Gasteiger partial charge in [0, 0.05) is 12.8 Å². The van der Waals surface area contributed by atoms with Gasteiger partial charge in [-0.25, -0.2) is 4.39 Å². The van der Waals surface area contributed by atoms with Crippen LogP contribution in [0.5, 0.6) is 5.88 Å². The van der Waals surface area contributed by atoms with Gasteiger partial charge in [0.05, 0.1) is 23.9 Å². The van der Waals surface area contributed by atoms with Crippen LogP contribution < -0.4 is 5.56 Å². The number of nitrogens with zero attached hydrogens (tertiary/aromatic N) is 3. The van der Waals surface area contributed by atoms with E-state index in [0.29, 0.717) is 12.2 Å². The highest BCUT2D eigenvalue weighted by atomic mass is 19.1. The number of halogens is 1. The molecule has 0 saturated carbocycles. The van der Waals surface area contributed by atoms with Gasteiger partial charge in [-0.1, -0.05) is 12.1 Å². The van der Waals surface area contributed by atoms with E-state index in [4.69, 9.17) is 4.74 Å². The fraction of sp³-hybridized carbons (Fsp3) is 0.316. The maximum Gasteiger partial charge on any atom is 0.271 e. The Bertz CT molecular complexity index is 954. The summed E-state index contributed by atoms with van der Waals surface area (Å²) >= 11 is 0. The van der Waals surface area contributed by atoms with Crippen molar-refractivity contribution in [3.8, 4) is 11.9 Å². The molecule has 1 fully saturated rings. The van der Waals surface area contributed by atoms with Gasteiger partial charge in [-0.15, -0.1) is 0 Å². The van der Waals surface area contributed by atoms with Gasteiger partial charge in [0.2, 0.25) is 5.88 Å². The van der Waals surface area contributed by atoms with E-state index in [1.165, 1.54) is 18.3 Å². The van der Waals surface area contributed by atoms with Crippen molar-refractivity contribution in [1.29, 1.82) is 5.26 Å². The van der Waals surface area contributed by atoms with Crippen molar-refractivity contribution in [2.45, 2.75) is 32.4 Å². The molecule has 0 spiro atoms. The Kier molecular flexibility index (Phi) is 5.14. The highest BCUT2D eigenvalue weighted by Gasteiger charge is 2.23. The van der Waals surface area contributed by atoms with E-state index in [1.54, 1.807) is 19.1 Å². The van der Waals surface area contributed by atoms with Gasteiger partial charge in [0.1, 0.15) is 17.4 Å². The third-order valence-electron chi connectivity index (χ3n) is 4.44. The molecule has 7 heteroatoms. The first-order chi connectivity index (χ1) is 12.5. The Labute approximate surface area is 149 Å². The number of rotatable bonds is 4. The number of para-hydroxylation sites is 1. The third-order valence-corrected chi connectivity index (χ3v) is 4.44. The van der Waals surface area contributed by atoms with E-state index in [2.05, 4.69) is 4.99 Å². The lowest BCUT2D eigenvalue weighted by Crippen LogP contribution is -2.29. The van der Waals surface area contributed by atoms with Crippen LogP contribution in [0.3, 0.4) is 0 Å². The highest BCUT2D eigenvalue weighted by molar-refractivity contribution is 5.87. The van der Waals surface area contributed by atoms with Crippen LogP contribution in [0.4, 0.5) is 10.1 Å². The molecule has 1 aliphatic heterocycles. The number of hydrogen-bond acceptors (Lipinski definition) is 5. The smallest absolute Gasteiger partial charge is 0.271 e.